The van der Waals surface area contributed by atoms with E-state index in [1.165, 1.54) is 6.08 Å². The summed E-state index contributed by atoms with van der Waals surface area (Å²) in [7, 11) is 0. The van der Waals surface area contributed by atoms with Crippen molar-refractivity contribution in [1.82, 2.24) is 0 Å². The van der Waals surface area contributed by atoms with E-state index in [-0.39, 0.29) is 23.8 Å². The van der Waals surface area contributed by atoms with Gasteiger partial charge in [0.2, 0.25) is 0 Å². The van der Waals surface area contributed by atoms with Gasteiger partial charge in [-0.2, -0.15) is 0 Å². The van der Waals surface area contributed by atoms with Crippen LogP contribution in [-0.2, 0) is 9.59 Å². The summed E-state index contributed by atoms with van der Waals surface area (Å²) < 4.78 is 16.9. The van der Waals surface area contributed by atoms with Crippen molar-refractivity contribution in [3.05, 3.63) is 59.2 Å². The Morgan fingerprint density at radius 3 is 1.86 bits per heavy atom. The number of hydrogen-bond acceptors (Lipinski definition) is 6. The quantitative estimate of drug-likeness (QED) is 0.193. The van der Waals surface area contributed by atoms with Crippen molar-refractivity contribution in [3.8, 4) is 17.2 Å². The van der Waals surface area contributed by atoms with Gasteiger partial charge in [0, 0.05) is 17.2 Å². The molecule has 0 radical (unpaired) electrons. The predicted molar refractivity (Wildman–Crippen MR) is 137 cm³/mol. The summed E-state index contributed by atoms with van der Waals surface area (Å²) in [4.78, 5) is 37.1. The first-order valence-electron chi connectivity index (χ1n) is 11.7. The molecule has 0 aromatic heterocycles. The van der Waals surface area contributed by atoms with Crippen LogP contribution in [0.25, 0.3) is 6.08 Å². The molecule has 0 amide bonds. The van der Waals surface area contributed by atoms with Crippen LogP contribution in [0.3, 0.4) is 0 Å². The van der Waals surface area contributed by atoms with Crippen LogP contribution in [0.4, 0.5) is 0 Å². The number of ketones is 1. The Morgan fingerprint density at radius 1 is 0.800 bits per heavy atom. The SMILES string of the molecule is Cc1cc(/C=C/C(=O)c2ccc(OC(=O)C(C)(C)C)cc2)c(OC(C)C)cc1OC(=O)C(C)(C)C. The van der Waals surface area contributed by atoms with Crippen molar-refractivity contribution >= 4 is 23.8 Å². The fourth-order valence-electron chi connectivity index (χ4n) is 2.75. The standard InChI is InChI=1S/C29H36O6/c1-18(2)33-25-17-24(35-27(32)29(7,8)9)19(3)16-21(25)12-15-23(30)20-10-13-22(14-11-20)34-26(31)28(4,5)6/h10-18H,1-9H3/b15-12+. The van der Waals surface area contributed by atoms with Crippen molar-refractivity contribution < 1.29 is 28.6 Å². The molecule has 2 aromatic carbocycles. The van der Waals surface area contributed by atoms with Gasteiger partial charge in [-0.3, -0.25) is 14.4 Å². The molecular formula is C29H36O6. The number of ether oxygens (including phenoxy) is 3. The van der Waals surface area contributed by atoms with Crippen LogP contribution in [0.5, 0.6) is 17.2 Å². The first-order valence-corrected chi connectivity index (χ1v) is 11.7. The Kier molecular flexibility index (Phi) is 8.66. The molecule has 2 aromatic rings. The van der Waals surface area contributed by atoms with E-state index in [1.807, 2.05) is 26.8 Å². The molecule has 0 saturated heterocycles. The molecule has 0 bridgehead atoms. The molecule has 0 heterocycles. The molecule has 35 heavy (non-hydrogen) atoms. The van der Waals surface area contributed by atoms with Crippen LogP contribution in [0, 0.1) is 17.8 Å². The maximum absolute atomic E-state index is 12.7. The van der Waals surface area contributed by atoms with Gasteiger partial charge >= 0.3 is 11.9 Å². The molecule has 0 aliphatic rings. The van der Waals surface area contributed by atoms with Gasteiger partial charge in [-0.25, -0.2) is 0 Å². The number of allylic oxidation sites excluding steroid dienone is 1. The van der Waals surface area contributed by atoms with Crippen molar-refractivity contribution in [2.24, 2.45) is 10.8 Å². The number of carbonyl (C=O) groups is 3. The highest BCUT2D eigenvalue weighted by atomic mass is 16.5. The minimum absolute atomic E-state index is 0.116. The van der Waals surface area contributed by atoms with Crippen molar-refractivity contribution in [2.75, 3.05) is 0 Å². The van der Waals surface area contributed by atoms with Gasteiger partial charge in [0.05, 0.1) is 16.9 Å². The van der Waals surface area contributed by atoms with E-state index < -0.39 is 10.8 Å². The Morgan fingerprint density at radius 2 is 1.34 bits per heavy atom. The summed E-state index contributed by atoms with van der Waals surface area (Å²) in [6.07, 6.45) is 3.02. The topological polar surface area (TPSA) is 78.9 Å². The minimum Gasteiger partial charge on any atom is -0.490 e. The van der Waals surface area contributed by atoms with Crippen LogP contribution in [-0.4, -0.2) is 23.8 Å². The third kappa shape index (κ3) is 8.09. The van der Waals surface area contributed by atoms with Gasteiger partial charge in [-0.15, -0.1) is 0 Å². The minimum atomic E-state index is -0.642. The predicted octanol–water partition coefficient (Wildman–Crippen LogP) is 6.58. The zero-order valence-corrected chi connectivity index (χ0v) is 22.1. The molecule has 0 unspecified atom stereocenters. The third-order valence-electron chi connectivity index (χ3n) is 4.86. The summed E-state index contributed by atoms with van der Waals surface area (Å²) in [5, 5.41) is 0. The largest absolute Gasteiger partial charge is 0.490 e. The van der Waals surface area contributed by atoms with Gasteiger partial charge in [-0.1, -0.05) is 0 Å². The number of benzene rings is 2. The Hall–Kier alpha value is -3.41. The molecule has 0 aliphatic carbocycles. The molecule has 0 N–H and O–H groups in total. The molecule has 0 saturated carbocycles. The van der Waals surface area contributed by atoms with Gasteiger partial charge in [0.1, 0.15) is 17.2 Å². The Balaban J connectivity index is 2.25. The van der Waals surface area contributed by atoms with E-state index >= 15 is 0 Å². The second-order valence-corrected chi connectivity index (χ2v) is 10.8. The number of rotatable bonds is 7. The molecule has 0 spiro atoms. The van der Waals surface area contributed by atoms with Crippen molar-refractivity contribution in [1.29, 1.82) is 0 Å². The van der Waals surface area contributed by atoms with E-state index in [0.717, 1.165) is 5.56 Å². The van der Waals surface area contributed by atoms with Gasteiger partial charge < -0.3 is 14.2 Å². The summed E-state index contributed by atoms with van der Waals surface area (Å²) in [6.45, 7) is 16.3. The van der Waals surface area contributed by atoms with E-state index in [4.69, 9.17) is 14.2 Å². The average molecular weight is 481 g/mol. The van der Waals surface area contributed by atoms with Crippen LogP contribution in [0.1, 0.15) is 76.9 Å². The van der Waals surface area contributed by atoms with E-state index in [2.05, 4.69) is 0 Å². The monoisotopic (exact) mass is 480 g/mol. The van der Waals surface area contributed by atoms with Crippen molar-refractivity contribution in [3.63, 3.8) is 0 Å². The average Bonchev–Trinajstić information content (AvgIpc) is 2.73. The highest BCUT2D eigenvalue weighted by molar-refractivity contribution is 6.07. The highest BCUT2D eigenvalue weighted by Crippen LogP contribution is 2.32. The Bertz CT molecular complexity index is 1110. The van der Waals surface area contributed by atoms with Gasteiger partial charge in [-0.05, 0) is 110 Å². The van der Waals surface area contributed by atoms with Crippen LogP contribution in [0.15, 0.2) is 42.5 Å². The lowest BCUT2D eigenvalue weighted by Crippen LogP contribution is -2.25. The maximum atomic E-state index is 12.7. The molecule has 6 nitrogen and oxygen atoms in total. The molecule has 0 fully saturated rings. The first kappa shape index (κ1) is 27.8. The maximum Gasteiger partial charge on any atom is 0.316 e. The molecular weight excluding hydrogens is 444 g/mol. The summed E-state index contributed by atoms with van der Waals surface area (Å²) >= 11 is 0. The second kappa shape index (κ2) is 10.9. The Labute approximate surface area is 208 Å². The van der Waals surface area contributed by atoms with Gasteiger partial charge in [0.15, 0.2) is 5.78 Å². The molecule has 2 rings (SSSR count). The molecule has 6 heteroatoms. The number of aryl methyl sites for hydroxylation is 1. The van der Waals surface area contributed by atoms with E-state index in [9.17, 15) is 14.4 Å². The van der Waals surface area contributed by atoms with E-state index in [1.54, 1.807) is 78.0 Å². The first-order chi connectivity index (χ1) is 16.1. The normalized spacial score (nSPS) is 12.1. The number of carbonyl (C=O) groups excluding carboxylic acids is 3. The second-order valence-electron chi connectivity index (χ2n) is 10.8. The summed E-state index contributed by atoms with van der Waals surface area (Å²) in [5.74, 6) is 0.414. The van der Waals surface area contributed by atoms with Crippen LogP contribution in [0.2, 0.25) is 0 Å². The zero-order valence-electron chi connectivity index (χ0n) is 22.1. The van der Waals surface area contributed by atoms with Crippen LogP contribution < -0.4 is 14.2 Å². The van der Waals surface area contributed by atoms with Gasteiger partial charge in [0.25, 0.3) is 0 Å². The molecule has 0 atom stereocenters. The molecule has 0 aliphatic heterocycles. The fourth-order valence-corrected chi connectivity index (χ4v) is 2.75. The zero-order chi connectivity index (χ0) is 26.6. The number of hydrogen-bond donors (Lipinski definition) is 0. The lowest BCUT2D eigenvalue weighted by atomic mass is 9.97. The lowest BCUT2D eigenvalue weighted by Gasteiger charge is -2.19. The van der Waals surface area contributed by atoms with E-state index in [0.29, 0.717) is 28.4 Å². The highest BCUT2D eigenvalue weighted by Gasteiger charge is 2.25. The van der Waals surface area contributed by atoms with Crippen molar-refractivity contribution in [2.45, 2.75) is 68.4 Å². The molecule has 188 valence electrons. The number of esters is 2. The third-order valence-corrected chi connectivity index (χ3v) is 4.86. The summed E-state index contributed by atoms with van der Waals surface area (Å²) in [6, 6.07) is 9.93. The lowest BCUT2D eigenvalue weighted by molar-refractivity contribution is -0.143. The summed E-state index contributed by atoms with van der Waals surface area (Å²) in [5.41, 5.74) is 0.630. The van der Waals surface area contributed by atoms with Crippen LogP contribution >= 0.6 is 0 Å². The smallest absolute Gasteiger partial charge is 0.316 e. The fraction of sp³-hybridized carbons (Fsp3) is 0.414.